The van der Waals surface area contributed by atoms with Crippen LogP contribution in [0.15, 0.2) is 11.0 Å². The van der Waals surface area contributed by atoms with Crippen LogP contribution in [0.5, 0.6) is 0 Å². The molecule has 1 aromatic rings. The molecule has 2 N–H and O–H groups in total. The smallest absolute Gasteiger partial charge is 0.245 e. The largest absolute Gasteiger partial charge is 0.393 e. The molecular formula is C10H12Cl2N2O2S3. The Kier molecular flexibility index (Phi) is 4.75. The molecule has 0 radical (unpaired) electrons. The number of piperidine rings is 1. The van der Waals surface area contributed by atoms with E-state index in [0.717, 1.165) is 24.2 Å². The number of thiophene rings is 1. The van der Waals surface area contributed by atoms with Gasteiger partial charge in [-0.1, -0.05) is 35.4 Å². The number of sulfonamides is 1. The molecule has 1 aliphatic rings. The van der Waals surface area contributed by atoms with Crippen LogP contribution in [0.4, 0.5) is 0 Å². The van der Waals surface area contributed by atoms with Gasteiger partial charge in [0.2, 0.25) is 10.0 Å². The van der Waals surface area contributed by atoms with Crippen molar-refractivity contribution in [2.24, 2.45) is 11.7 Å². The van der Waals surface area contributed by atoms with Crippen LogP contribution in [0, 0.1) is 5.92 Å². The number of rotatable bonds is 3. The Bertz CT molecular complexity index is 600. The van der Waals surface area contributed by atoms with E-state index in [1.54, 1.807) is 0 Å². The van der Waals surface area contributed by atoms with Crippen LogP contribution in [-0.2, 0) is 10.0 Å². The molecule has 0 amide bonds. The maximum atomic E-state index is 12.5. The molecule has 1 aliphatic heterocycles. The van der Waals surface area contributed by atoms with Crippen molar-refractivity contribution < 1.29 is 8.42 Å². The van der Waals surface area contributed by atoms with Gasteiger partial charge in [0.15, 0.2) is 0 Å². The van der Waals surface area contributed by atoms with Gasteiger partial charge >= 0.3 is 0 Å². The second-order valence-corrected chi connectivity index (χ2v) is 8.96. The molecule has 0 aromatic carbocycles. The Balaban J connectivity index is 2.29. The fraction of sp³-hybridized carbons (Fsp3) is 0.500. The lowest BCUT2D eigenvalue weighted by molar-refractivity contribution is 0.313. The molecule has 2 heterocycles. The van der Waals surface area contributed by atoms with E-state index in [1.165, 1.54) is 10.4 Å². The van der Waals surface area contributed by atoms with Crippen molar-refractivity contribution in [3.63, 3.8) is 0 Å². The van der Waals surface area contributed by atoms with Gasteiger partial charge in [-0.3, -0.25) is 0 Å². The third-order valence-corrected chi connectivity index (χ3v) is 6.98. The summed E-state index contributed by atoms with van der Waals surface area (Å²) in [4.78, 5) is 0.419. The number of thiocarbonyl (C=S) groups is 1. The quantitative estimate of drug-likeness (QED) is 0.843. The fourth-order valence-corrected chi connectivity index (χ4v) is 5.86. The molecule has 1 aromatic heterocycles. The maximum Gasteiger partial charge on any atom is 0.245 e. The predicted molar refractivity (Wildman–Crippen MR) is 82.6 cm³/mol. The molecule has 1 fully saturated rings. The lowest BCUT2D eigenvalue weighted by Gasteiger charge is -2.31. The van der Waals surface area contributed by atoms with E-state index in [9.17, 15) is 8.42 Å². The minimum atomic E-state index is -3.63. The summed E-state index contributed by atoms with van der Waals surface area (Å²) in [6.45, 7) is 0.757. The Morgan fingerprint density at radius 3 is 2.74 bits per heavy atom. The predicted octanol–water partition coefficient (Wildman–Crippen LogP) is 2.74. The van der Waals surface area contributed by atoms with E-state index in [2.05, 4.69) is 0 Å². The van der Waals surface area contributed by atoms with E-state index in [-0.39, 0.29) is 15.1 Å². The Morgan fingerprint density at radius 1 is 1.53 bits per heavy atom. The number of hydrogen-bond acceptors (Lipinski definition) is 4. The van der Waals surface area contributed by atoms with Gasteiger partial charge in [-0.2, -0.15) is 4.31 Å². The van der Waals surface area contributed by atoms with Gasteiger partial charge in [-0.25, -0.2) is 8.42 Å². The van der Waals surface area contributed by atoms with Crippen LogP contribution < -0.4 is 5.73 Å². The maximum absolute atomic E-state index is 12.5. The molecule has 4 nitrogen and oxygen atoms in total. The molecule has 0 saturated carbocycles. The molecule has 106 valence electrons. The van der Waals surface area contributed by atoms with Crippen molar-refractivity contribution in [1.29, 1.82) is 0 Å². The first kappa shape index (κ1) is 15.5. The highest BCUT2D eigenvalue weighted by Gasteiger charge is 2.33. The molecule has 19 heavy (non-hydrogen) atoms. The second kappa shape index (κ2) is 5.83. The first-order chi connectivity index (χ1) is 8.82. The zero-order chi connectivity index (χ0) is 14.2. The van der Waals surface area contributed by atoms with E-state index in [4.69, 9.17) is 41.2 Å². The Hall–Kier alpha value is 0.0800. The fourth-order valence-electron chi connectivity index (χ4n) is 2.03. The SMILES string of the molecule is NC(=S)C1CCCN(S(=O)(=O)c2cc(Cl)sc2Cl)C1. The summed E-state index contributed by atoms with van der Waals surface area (Å²) in [5.74, 6) is -0.0774. The van der Waals surface area contributed by atoms with Crippen molar-refractivity contribution >= 4 is 61.8 Å². The summed E-state index contributed by atoms with van der Waals surface area (Å²) < 4.78 is 26.9. The summed E-state index contributed by atoms with van der Waals surface area (Å²) in [6, 6.07) is 1.38. The molecule has 0 bridgehead atoms. The molecule has 0 spiro atoms. The van der Waals surface area contributed by atoms with E-state index in [0.29, 0.717) is 22.4 Å². The van der Waals surface area contributed by atoms with Gasteiger partial charge in [0.25, 0.3) is 0 Å². The lowest BCUT2D eigenvalue weighted by atomic mass is 10.0. The van der Waals surface area contributed by atoms with Crippen LogP contribution in [0.3, 0.4) is 0 Å². The minimum Gasteiger partial charge on any atom is -0.393 e. The van der Waals surface area contributed by atoms with Gasteiger partial charge in [0.05, 0.1) is 9.32 Å². The monoisotopic (exact) mass is 358 g/mol. The lowest BCUT2D eigenvalue weighted by Crippen LogP contribution is -2.43. The standard InChI is InChI=1S/C10H12Cl2N2O2S3/c11-8-4-7(9(12)18-8)19(15,16)14-3-1-2-6(5-14)10(13)17/h4,6H,1-3,5H2,(H2,13,17). The van der Waals surface area contributed by atoms with Crippen LogP contribution in [-0.4, -0.2) is 30.8 Å². The summed E-state index contributed by atoms with van der Waals surface area (Å²) in [5.41, 5.74) is 5.61. The zero-order valence-corrected chi connectivity index (χ0v) is 13.8. The number of nitrogens with two attached hydrogens (primary N) is 1. The molecular weight excluding hydrogens is 347 g/mol. The van der Waals surface area contributed by atoms with E-state index in [1.807, 2.05) is 0 Å². The normalized spacial score (nSPS) is 21.5. The average Bonchev–Trinajstić information content (AvgIpc) is 2.69. The molecule has 1 unspecified atom stereocenters. The molecule has 2 rings (SSSR count). The van der Waals surface area contributed by atoms with Crippen molar-refractivity contribution in [3.8, 4) is 0 Å². The average molecular weight is 359 g/mol. The Labute approximate surface area is 131 Å². The number of hydrogen-bond donors (Lipinski definition) is 1. The third-order valence-electron chi connectivity index (χ3n) is 3.03. The summed E-state index contributed by atoms with van der Waals surface area (Å²) in [5, 5.41) is 0. The van der Waals surface area contributed by atoms with E-state index < -0.39 is 10.0 Å². The summed E-state index contributed by atoms with van der Waals surface area (Å²) in [6.07, 6.45) is 1.55. The molecule has 0 aliphatic carbocycles. The van der Waals surface area contributed by atoms with Gasteiger partial charge in [-0.05, 0) is 18.9 Å². The van der Waals surface area contributed by atoms with Crippen LogP contribution in [0.25, 0.3) is 0 Å². The Morgan fingerprint density at radius 2 is 2.21 bits per heavy atom. The van der Waals surface area contributed by atoms with Gasteiger partial charge < -0.3 is 5.73 Å². The van der Waals surface area contributed by atoms with E-state index >= 15 is 0 Å². The summed E-state index contributed by atoms with van der Waals surface area (Å²) in [7, 11) is -3.63. The van der Waals surface area contributed by atoms with Crippen molar-refractivity contribution in [1.82, 2.24) is 4.31 Å². The highest BCUT2D eigenvalue weighted by Crippen LogP contribution is 2.36. The number of nitrogens with zero attached hydrogens (tertiary/aromatic N) is 1. The van der Waals surface area contributed by atoms with Crippen LogP contribution in [0.2, 0.25) is 8.67 Å². The first-order valence-electron chi connectivity index (χ1n) is 5.56. The topological polar surface area (TPSA) is 63.4 Å². The number of halogens is 2. The zero-order valence-electron chi connectivity index (χ0n) is 9.80. The molecule has 1 atom stereocenters. The highest BCUT2D eigenvalue weighted by atomic mass is 35.5. The van der Waals surface area contributed by atoms with Crippen molar-refractivity contribution in [3.05, 3.63) is 14.7 Å². The minimum absolute atomic E-state index is 0.0627. The molecule has 1 saturated heterocycles. The van der Waals surface area contributed by atoms with Gasteiger partial charge in [0, 0.05) is 19.0 Å². The highest BCUT2D eigenvalue weighted by molar-refractivity contribution is 7.89. The first-order valence-corrected chi connectivity index (χ1v) is 8.98. The molecule has 9 heteroatoms. The van der Waals surface area contributed by atoms with Crippen molar-refractivity contribution in [2.75, 3.05) is 13.1 Å². The second-order valence-electron chi connectivity index (χ2n) is 4.29. The third kappa shape index (κ3) is 3.22. The van der Waals surface area contributed by atoms with Crippen molar-refractivity contribution in [2.45, 2.75) is 17.7 Å². The van der Waals surface area contributed by atoms with Gasteiger partial charge in [0.1, 0.15) is 9.23 Å². The van der Waals surface area contributed by atoms with Crippen LogP contribution in [0.1, 0.15) is 12.8 Å². The van der Waals surface area contributed by atoms with Gasteiger partial charge in [-0.15, -0.1) is 11.3 Å². The summed E-state index contributed by atoms with van der Waals surface area (Å²) >= 11 is 17.7. The van der Waals surface area contributed by atoms with Crippen LogP contribution >= 0.6 is 46.8 Å².